The first kappa shape index (κ1) is 18.1. The van der Waals surface area contributed by atoms with Crippen LogP contribution in [0.3, 0.4) is 0 Å². The number of nitrogens with zero attached hydrogens (tertiary/aromatic N) is 3. The molecule has 4 aromatic rings. The van der Waals surface area contributed by atoms with E-state index in [1.807, 2.05) is 60.7 Å². The van der Waals surface area contributed by atoms with E-state index in [4.69, 9.17) is 16.6 Å². The Morgan fingerprint density at radius 2 is 1.56 bits per heavy atom. The van der Waals surface area contributed by atoms with Crippen LogP contribution >= 0.6 is 44.1 Å². The summed E-state index contributed by atoms with van der Waals surface area (Å²) in [4.78, 5) is 0. The van der Waals surface area contributed by atoms with Crippen LogP contribution < -0.4 is 0 Å². The summed E-state index contributed by atoms with van der Waals surface area (Å²) >= 11 is 12.2. The number of aromatic amines is 1. The molecule has 0 bridgehead atoms. The molecule has 27 heavy (non-hydrogen) atoms. The summed E-state index contributed by atoms with van der Waals surface area (Å²) in [6.07, 6.45) is 1.62. The lowest BCUT2D eigenvalue weighted by molar-refractivity contribution is 0.574. The molecule has 2 aromatic heterocycles. The van der Waals surface area contributed by atoms with E-state index >= 15 is 0 Å². The lowest BCUT2D eigenvalue weighted by Gasteiger charge is -2.00. The molecule has 8 heteroatoms. The number of nitrogens with one attached hydrogen (secondary N) is 1. The van der Waals surface area contributed by atoms with Gasteiger partial charge in [-0.15, -0.1) is 0 Å². The molecular formula is C19H12Br2N4OS. The second kappa shape index (κ2) is 7.75. The van der Waals surface area contributed by atoms with Crippen LogP contribution in [0.2, 0.25) is 0 Å². The quantitative estimate of drug-likeness (QED) is 0.263. The zero-order valence-corrected chi connectivity index (χ0v) is 17.8. The van der Waals surface area contributed by atoms with Crippen LogP contribution in [-0.2, 0) is 0 Å². The highest BCUT2D eigenvalue weighted by atomic mass is 79.9. The molecule has 4 rings (SSSR count). The molecule has 2 heterocycles. The average molecular weight is 504 g/mol. The Hall–Kier alpha value is -2.29. The molecule has 0 spiro atoms. The minimum atomic E-state index is 0.406. The molecule has 0 aliphatic carbocycles. The molecular weight excluding hydrogens is 492 g/mol. The van der Waals surface area contributed by atoms with Gasteiger partial charge in [0.1, 0.15) is 11.5 Å². The van der Waals surface area contributed by atoms with Crippen molar-refractivity contribution in [2.75, 3.05) is 0 Å². The molecule has 0 fully saturated rings. The van der Waals surface area contributed by atoms with Crippen LogP contribution in [0.5, 0.6) is 0 Å². The zero-order chi connectivity index (χ0) is 18.8. The Labute approximate surface area is 177 Å². The third-order valence-electron chi connectivity index (χ3n) is 3.81. The summed E-state index contributed by atoms with van der Waals surface area (Å²) in [5, 5.41) is 11.5. The maximum Gasteiger partial charge on any atom is 0.216 e. The van der Waals surface area contributed by atoms with Gasteiger partial charge in [-0.1, -0.05) is 56.1 Å². The number of H-pyrrole nitrogens is 1. The molecule has 134 valence electrons. The van der Waals surface area contributed by atoms with Crippen LogP contribution in [0.4, 0.5) is 0 Å². The maximum absolute atomic E-state index is 5.86. The third-order valence-corrected chi connectivity index (χ3v) is 5.13. The number of halogens is 2. The van der Waals surface area contributed by atoms with Gasteiger partial charge >= 0.3 is 0 Å². The Morgan fingerprint density at radius 1 is 0.926 bits per heavy atom. The third kappa shape index (κ3) is 4.02. The topological polar surface area (TPSA) is 59.1 Å². The average Bonchev–Trinajstić information content (AvgIpc) is 3.28. The molecule has 0 saturated heterocycles. The number of rotatable bonds is 4. The van der Waals surface area contributed by atoms with E-state index in [9.17, 15) is 0 Å². The van der Waals surface area contributed by atoms with Gasteiger partial charge < -0.3 is 4.42 Å². The summed E-state index contributed by atoms with van der Waals surface area (Å²) in [7, 11) is 0. The summed E-state index contributed by atoms with van der Waals surface area (Å²) in [6.45, 7) is 0. The SMILES string of the molecule is S=c1[nH]nc(-c2ccc(Br)cc2)n1/N=C/c1ccc(-c2ccc(Br)cc2)o1. The van der Waals surface area contributed by atoms with Gasteiger partial charge in [0.2, 0.25) is 4.77 Å². The normalized spacial score (nSPS) is 11.3. The standard InChI is InChI=1S/C19H12Br2N4OS/c20-14-5-1-12(2-6-14)17-10-9-16(26-17)11-22-25-18(23-24-19(25)27)13-3-7-15(21)8-4-13/h1-11H,(H,24,27)/b22-11+. The summed E-state index contributed by atoms with van der Waals surface area (Å²) in [5.74, 6) is 2.02. The first-order valence-electron chi connectivity index (χ1n) is 7.94. The van der Waals surface area contributed by atoms with Crippen molar-refractivity contribution in [2.24, 2.45) is 5.10 Å². The van der Waals surface area contributed by atoms with E-state index in [1.165, 1.54) is 0 Å². The van der Waals surface area contributed by atoms with Gasteiger partial charge in [-0.2, -0.15) is 14.9 Å². The fourth-order valence-corrected chi connectivity index (χ4v) is 3.20. The van der Waals surface area contributed by atoms with E-state index in [2.05, 4.69) is 47.2 Å². The van der Waals surface area contributed by atoms with Crippen molar-refractivity contribution in [1.82, 2.24) is 14.9 Å². The Bertz CT molecular complexity index is 1160. The van der Waals surface area contributed by atoms with Crippen LogP contribution in [0.25, 0.3) is 22.7 Å². The van der Waals surface area contributed by atoms with Crippen molar-refractivity contribution in [3.63, 3.8) is 0 Å². The first-order valence-corrected chi connectivity index (χ1v) is 9.93. The van der Waals surface area contributed by atoms with Crippen LogP contribution in [-0.4, -0.2) is 21.1 Å². The monoisotopic (exact) mass is 502 g/mol. The highest BCUT2D eigenvalue weighted by molar-refractivity contribution is 9.10. The summed E-state index contributed by atoms with van der Waals surface area (Å²) in [6, 6.07) is 19.5. The molecule has 5 nitrogen and oxygen atoms in total. The van der Waals surface area contributed by atoms with Crippen LogP contribution in [0.15, 0.2) is 79.1 Å². The predicted octanol–water partition coefficient (Wildman–Crippen LogP) is 6.27. The lowest BCUT2D eigenvalue weighted by Crippen LogP contribution is -1.94. The zero-order valence-electron chi connectivity index (χ0n) is 13.8. The Morgan fingerprint density at radius 3 is 2.22 bits per heavy atom. The molecule has 0 unspecified atom stereocenters. The number of furan rings is 1. The molecule has 2 aromatic carbocycles. The molecule has 0 aliphatic rings. The highest BCUT2D eigenvalue weighted by Crippen LogP contribution is 2.24. The number of hydrogen-bond acceptors (Lipinski definition) is 4. The second-order valence-corrected chi connectivity index (χ2v) is 7.84. The summed E-state index contributed by atoms with van der Waals surface area (Å²) < 4.78 is 9.85. The minimum absolute atomic E-state index is 0.406. The first-order chi connectivity index (χ1) is 13.1. The van der Waals surface area contributed by atoms with Gasteiger partial charge in [0.15, 0.2) is 5.82 Å². The molecule has 0 amide bonds. The Balaban J connectivity index is 1.62. The molecule has 1 N–H and O–H groups in total. The van der Waals surface area contributed by atoms with Crippen molar-refractivity contribution in [2.45, 2.75) is 0 Å². The van der Waals surface area contributed by atoms with Crippen LogP contribution in [0, 0.1) is 4.77 Å². The van der Waals surface area contributed by atoms with E-state index in [0.717, 1.165) is 25.8 Å². The van der Waals surface area contributed by atoms with Gasteiger partial charge in [-0.3, -0.25) is 0 Å². The van der Waals surface area contributed by atoms with E-state index < -0.39 is 0 Å². The summed E-state index contributed by atoms with van der Waals surface area (Å²) in [5.41, 5.74) is 1.89. The second-order valence-electron chi connectivity index (χ2n) is 5.62. The minimum Gasteiger partial charge on any atom is -0.455 e. The highest BCUT2D eigenvalue weighted by Gasteiger charge is 2.08. The maximum atomic E-state index is 5.86. The van der Waals surface area contributed by atoms with Crippen molar-refractivity contribution in [1.29, 1.82) is 0 Å². The number of hydrogen-bond donors (Lipinski definition) is 1. The van der Waals surface area contributed by atoms with Gasteiger partial charge in [0, 0.05) is 20.1 Å². The molecule has 0 atom stereocenters. The predicted molar refractivity (Wildman–Crippen MR) is 115 cm³/mol. The fourth-order valence-electron chi connectivity index (χ4n) is 2.49. The van der Waals surface area contributed by atoms with E-state index in [-0.39, 0.29) is 0 Å². The van der Waals surface area contributed by atoms with Gasteiger partial charge in [-0.05, 0) is 48.6 Å². The number of aromatic nitrogens is 3. The molecule has 0 aliphatic heterocycles. The van der Waals surface area contributed by atoms with E-state index in [0.29, 0.717) is 16.4 Å². The van der Waals surface area contributed by atoms with Crippen molar-refractivity contribution < 1.29 is 4.42 Å². The van der Waals surface area contributed by atoms with E-state index in [1.54, 1.807) is 10.9 Å². The molecule has 0 saturated carbocycles. The fraction of sp³-hybridized carbons (Fsp3) is 0. The van der Waals surface area contributed by atoms with Crippen molar-refractivity contribution in [3.05, 3.63) is 80.1 Å². The lowest BCUT2D eigenvalue weighted by atomic mass is 10.2. The smallest absolute Gasteiger partial charge is 0.216 e. The van der Waals surface area contributed by atoms with Crippen molar-refractivity contribution in [3.8, 4) is 22.7 Å². The van der Waals surface area contributed by atoms with Gasteiger partial charge in [0.25, 0.3) is 0 Å². The number of benzene rings is 2. The molecule has 0 radical (unpaired) electrons. The largest absolute Gasteiger partial charge is 0.455 e. The van der Waals surface area contributed by atoms with Crippen LogP contribution in [0.1, 0.15) is 5.76 Å². The van der Waals surface area contributed by atoms with Gasteiger partial charge in [0.05, 0.1) is 6.21 Å². The Kier molecular flexibility index (Phi) is 5.20. The van der Waals surface area contributed by atoms with Gasteiger partial charge in [-0.25, -0.2) is 5.10 Å². The van der Waals surface area contributed by atoms with Crippen molar-refractivity contribution >= 4 is 50.3 Å².